The lowest BCUT2D eigenvalue weighted by molar-refractivity contribution is 0.242. The van der Waals surface area contributed by atoms with E-state index in [1.54, 1.807) is 6.08 Å². The van der Waals surface area contributed by atoms with Crippen LogP contribution in [0.1, 0.15) is 39.2 Å². The predicted molar refractivity (Wildman–Crippen MR) is 108 cm³/mol. The summed E-state index contributed by atoms with van der Waals surface area (Å²) in [5.41, 5.74) is 1.06. The van der Waals surface area contributed by atoms with Gasteiger partial charge in [-0.05, 0) is 68.3 Å². The maximum absolute atomic E-state index is 5.96. The maximum Gasteiger partial charge on any atom is 0.127 e. The van der Waals surface area contributed by atoms with Gasteiger partial charge in [0.2, 0.25) is 0 Å². The summed E-state index contributed by atoms with van der Waals surface area (Å²) in [4.78, 5) is 0. The van der Waals surface area contributed by atoms with E-state index in [9.17, 15) is 0 Å². The standard InChI is InChI=1S/C21H24Cl2O3/c1-14(2)19-13-18(9-10-20(19)24-12-11-21(22)23)26-17-7-5-16(6-8-17)25-15(3)4/h5-11,13-15H,12H2,1-4H3. The zero-order valence-electron chi connectivity index (χ0n) is 15.5. The number of halogens is 2. The van der Waals surface area contributed by atoms with Crippen LogP contribution in [0.3, 0.4) is 0 Å². The fourth-order valence-corrected chi connectivity index (χ4v) is 2.49. The topological polar surface area (TPSA) is 27.7 Å². The molecule has 0 atom stereocenters. The number of hydrogen-bond donors (Lipinski definition) is 0. The molecule has 2 aromatic carbocycles. The Balaban J connectivity index is 2.12. The lowest BCUT2D eigenvalue weighted by Crippen LogP contribution is -2.05. The number of ether oxygens (including phenoxy) is 3. The second kappa shape index (κ2) is 9.75. The minimum absolute atomic E-state index is 0.145. The van der Waals surface area contributed by atoms with Crippen molar-refractivity contribution in [3.05, 3.63) is 58.6 Å². The van der Waals surface area contributed by atoms with E-state index in [2.05, 4.69) is 13.8 Å². The van der Waals surface area contributed by atoms with Gasteiger partial charge in [0, 0.05) is 5.56 Å². The molecule has 0 bridgehead atoms. The van der Waals surface area contributed by atoms with Gasteiger partial charge in [0.15, 0.2) is 0 Å². The molecular formula is C21H24Cl2O3. The number of benzene rings is 2. The molecule has 26 heavy (non-hydrogen) atoms. The van der Waals surface area contributed by atoms with E-state index in [0.717, 1.165) is 28.6 Å². The molecule has 0 aromatic heterocycles. The Kier molecular flexibility index (Phi) is 7.67. The molecule has 0 N–H and O–H groups in total. The molecule has 2 rings (SSSR count). The van der Waals surface area contributed by atoms with Crippen LogP contribution in [0.15, 0.2) is 53.0 Å². The molecule has 0 heterocycles. The summed E-state index contributed by atoms with van der Waals surface area (Å²) < 4.78 is 17.6. The molecule has 3 nitrogen and oxygen atoms in total. The highest BCUT2D eigenvalue weighted by atomic mass is 35.5. The predicted octanol–water partition coefficient (Wildman–Crippen LogP) is 7.09. The molecule has 0 unspecified atom stereocenters. The molecule has 0 amide bonds. The van der Waals surface area contributed by atoms with Crippen LogP contribution in [0.2, 0.25) is 0 Å². The van der Waals surface area contributed by atoms with Crippen LogP contribution in [-0.4, -0.2) is 12.7 Å². The Morgan fingerprint density at radius 3 is 2.12 bits per heavy atom. The normalized spacial score (nSPS) is 10.8. The van der Waals surface area contributed by atoms with E-state index in [1.165, 1.54) is 0 Å². The molecule has 0 aliphatic heterocycles. The van der Waals surface area contributed by atoms with E-state index in [-0.39, 0.29) is 16.5 Å². The molecule has 5 heteroatoms. The largest absolute Gasteiger partial charge is 0.491 e. The van der Waals surface area contributed by atoms with Crippen molar-refractivity contribution in [2.45, 2.75) is 39.7 Å². The lowest BCUT2D eigenvalue weighted by Gasteiger charge is -2.15. The Morgan fingerprint density at radius 1 is 0.923 bits per heavy atom. The zero-order chi connectivity index (χ0) is 19.1. The quantitative estimate of drug-likeness (QED) is 0.478. The van der Waals surface area contributed by atoms with Crippen molar-refractivity contribution >= 4 is 23.2 Å². The molecule has 0 saturated carbocycles. The molecule has 0 aliphatic carbocycles. The van der Waals surface area contributed by atoms with Gasteiger partial charge in [-0.15, -0.1) is 0 Å². The lowest BCUT2D eigenvalue weighted by atomic mass is 10.0. The molecule has 0 radical (unpaired) electrons. The van der Waals surface area contributed by atoms with Crippen LogP contribution in [0.25, 0.3) is 0 Å². The van der Waals surface area contributed by atoms with Crippen molar-refractivity contribution < 1.29 is 14.2 Å². The third kappa shape index (κ3) is 6.47. The summed E-state index contributed by atoms with van der Waals surface area (Å²) in [6, 6.07) is 13.4. The second-order valence-corrected chi connectivity index (χ2v) is 7.41. The smallest absolute Gasteiger partial charge is 0.127 e. The summed E-state index contributed by atoms with van der Waals surface area (Å²) in [7, 11) is 0. The van der Waals surface area contributed by atoms with E-state index < -0.39 is 0 Å². The molecule has 0 fully saturated rings. The van der Waals surface area contributed by atoms with Crippen molar-refractivity contribution in [2.75, 3.05) is 6.61 Å². The minimum atomic E-state index is 0.145. The SMILES string of the molecule is CC(C)Oc1ccc(Oc2ccc(OCC=C(Cl)Cl)c(C(C)C)c2)cc1. The van der Waals surface area contributed by atoms with Crippen LogP contribution >= 0.6 is 23.2 Å². The van der Waals surface area contributed by atoms with Crippen LogP contribution in [-0.2, 0) is 0 Å². The zero-order valence-corrected chi connectivity index (χ0v) is 17.0. The van der Waals surface area contributed by atoms with E-state index in [0.29, 0.717) is 6.61 Å². The molecule has 0 saturated heterocycles. The highest BCUT2D eigenvalue weighted by Crippen LogP contribution is 2.33. The molecule has 0 spiro atoms. The third-order valence-electron chi connectivity index (χ3n) is 3.51. The van der Waals surface area contributed by atoms with E-state index in [4.69, 9.17) is 37.4 Å². The summed E-state index contributed by atoms with van der Waals surface area (Å²) >= 11 is 11.2. The van der Waals surface area contributed by atoms with Crippen molar-refractivity contribution in [3.63, 3.8) is 0 Å². The van der Waals surface area contributed by atoms with Gasteiger partial charge in [0.05, 0.1) is 6.10 Å². The van der Waals surface area contributed by atoms with Crippen LogP contribution in [0.4, 0.5) is 0 Å². The minimum Gasteiger partial charge on any atom is -0.491 e. The van der Waals surface area contributed by atoms with Gasteiger partial charge in [-0.1, -0.05) is 37.0 Å². The highest BCUT2D eigenvalue weighted by molar-refractivity contribution is 6.55. The fourth-order valence-electron chi connectivity index (χ4n) is 2.36. The summed E-state index contributed by atoms with van der Waals surface area (Å²) in [5, 5.41) is 0. The van der Waals surface area contributed by atoms with E-state index in [1.807, 2.05) is 56.3 Å². The molecule has 0 aliphatic rings. The first-order chi connectivity index (χ1) is 12.3. The Hall–Kier alpha value is -1.84. The van der Waals surface area contributed by atoms with Gasteiger partial charge in [0.25, 0.3) is 0 Å². The first-order valence-electron chi connectivity index (χ1n) is 8.57. The van der Waals surface area contributed by atoms with Gasteiger partial charge in [-0.25, -0.2) is 0 Å². The average molecular weight is 395 g/mol. The Labute approximate surface area is 165 Å². The average Bonchev–Trinajstić information content (AvgIpc) is 2.57. The van der Waals surface area contributed by atoms with Gasteiger partial charge in [0.1, 0.15) is 34.1 Å². The van der Waals surface area contributed by atoms with Crippen molar-refractivity contribution in [2.24, 2.45) is 0 Å². The summed E-state index contributed by atoms with van der Waals surface area (Å²) in [6.07, 6.45) is 1.75. The van der Waals surface area contributed by atoms with Crippen LogP contribution in [0, 0.1) is 0 Å². The second-order valence-electron chi connectivity index (χ2n) is 6.40. The maximum atomic E-state index is 5.96. The van der Waals surface area contributed by atoms with Crippen LogP contribution in [0.5, 0.6) is 23.0 Å². The monoisotopic (exact) mass is 394 g/mol. The van der Waals surface area contributed by atoms with Gasteiger partial charge >= 0.3 is 0 Å². The Morgan fingerprint density at radius 2 is 1.54 bits per heavy atom. The van der Waals surface area contributed by atoms with E-state index >= 15 is 0 Å². The third-order valence-corrected chi connectivity index (χ3v) is 3.82. The molecule has 140 valence electrons. The van der Waals surface area contributed by atoms with Gasteiger partial charge in [-0.3, -0.25) is 0 Å². The Bertz CT molecular complexity index is 733. The number of hydrogen-bond acceptors (Lipinski definition) is 3. The van der Waals surface area contributed by atoms with Gasteiger partial charge < -0.3 is 14.2 Å². The highest BCUT2D eigenvalue weighted by Gasteiger charge is 2.10. The summed E-state index contributed by atoms with van der Waals surface area (Å²) in [5.74, 6) is 3.40. The van der Waals surface area contributed by atoms with Crippen molar-refractivity contribution in [1.82, 2.24) is 0 Å². The first-order valence-corrected chi connectivity index (χ1v) is 9.33. The number of rotatable bonds is 8. The first kappa shape index (κ1) is 20.5. The van der Waals surface area contributed by atoms with Gasteiger partial charge in [-0.2, -0.15) is 0 Å². The summed E-state index contributed by atoms with van der Waals surface area (Å²) in [6.45, 7) is 8.53. The molecular weight excluding hydrogens is 371 g/mol. The van der Waals surface area contributed by atoms with Crippen molar-refractivity contribution in [3.8, 4) is 23.0 Å². The van der Waals surface area contributed by atoms with Crippen LogP contribution < -0.4 is 14.2 Å². The van der Waals surface area contributed by atoms with Crippen molar-refractivity contribution in [1.29, 1.82) is 0 Å². The fraction of sp³-hybridized carbons (Fsp3) is 0.333. The molecule has 2 aromatic rings.